The van der Waals surface area contributed by atoms with Gasteiger partial charge in [0.15, 0.2) is 0 Å². The van der Waals surface area contributed by atoms with Crippen LogP contribution < -0.4 is 4.74 Å². The van der Waals surface area contributed by atoms with Gasteiger partial charge in [-0.2, -0.15) is 10.2 Å². The summed E-state index contributed by atoms with van der Waals surface area (Å²) in [5.41, 5.74) is 4.80. The van der Waals surface area contributed by atoms with Gasteiger partial charge in [-0.1, -0.05) is 42.5 Å². The highest BCUT2D eigenvalue weighted by Crippen LogP contribution is 2.14. The summed E-state index contributed by atoms with van der Waals surface area (Å²) in [6.07, 6.45) is 2.31. The third kappa shape index (κ3) is 4.15. The molecule has 3 aromatic carbocycles. The SMILES string of the molecule is COc1ccc(/C=N/N=C(\Cc2nc3ccccc3[nH]2)c2ccccc2)cc1. The second-order valence-corrected chi connectivity index (χ2v) is 6.31. The van der Waals surface area contributed by atoms with E-state index < -0.39 is 0 Å². The third-order valence-corrected chi connectivity index (χ3v) is 4.38. The van der Waals surface area contributed by atoms with Crippen molar-refractivity contribution in [1.29, 1.82) is 0 Å². The van der Waals surface area contributed by atoms with Crippen LogP contribution >= 0.6 is 0 Å². The van der Waals surface area contributed by atoms with Crippen LogP contribution in [0.3, 0.4) is 0 Å². The van der Waals surface area contributed by atoms with Gasteiger partial charge in [-0.25, -0.2) is 4.98 Å². The van der Waals surface area contributed by atoms with E-state index in [4.69, 9.17) is 4.74 Å². The van der Waals surface area contributed by atoms with E-state index in [2.05, 4.69) is 20.2 Å². The summed E-state index contributed by atoms with van der Waals surface area (Å²) >= 11 is 0. The first-order chi connectivity index (χ1) is 13.8. The minimum absolute atomic E-state index is 0.568. The van der Waals surface area contributed by atoms with Crippen LogP contribution in [0.15, 0.2) is 89.1 Å². The second kappa shape index (κ2) is 8.31. The Hall–Kier alpha value is -3.73. The van der Waals surface area contributed by atoms with Gasteiger partial charge in [0, 0.05) is 0 Å². The molecule has 138 valence electrons. The molecular formula is C23H20N4O. The Morgan fingerprint density at radius 3 is 2.46 bits per heavy atom. The van der Waals surface area contributed by atoms with Crippen LogP contribution in [-0.2, 0) is 6.42 Å². The van der Waals surface area contributed by atoms with E-state index >= 15 is 0 Å². The summed E-state index contributed by atoms with van der Waals surface area (Å²) in [6, 6.07) is 25.7. The summed E-state index contributed by atoms with van der Waals surface area (Å²) in [7, 11) is 1.65. The molecule has 0 aliphatic carbocycles. The Morgan fingerprint density at radius 1 is 0.964 bits per heavy atom. The Morgan fingerprint density at radius 2 is 1.71 bits per heavy atom. The first-order valence-corrected chi connectivity index (χ1v) is 9.05. The fourth-order valence-electron chi connectivity index (χ4n) is 2.93. The number of H-pyrrole nitrogens is 1. The summed E-state index contributed by atoms with van der Waals surface area (Å²) in [5, 5.41) is 8.80. The Labute approximate surface area is 163 Å². The average molecular weight is 368 g/mol. The van der Waals surface area contributed by atoms with Crippen molar-refractivity contribution < 1.29 is 4.74 Å². The van der Waals surface area contributed by atoms with Crippen LogP contribution in [0.2, 0.25) is 0 Å². The molecule has 0 saturated heterocycles. The number of hydrogen-bond acceptors (Lipinski definition) is 4. The molecule has 0 fully saturated rings. The standard InChI is InChI=1S/C23H20N4O/c1-28-19-13-11-17(12-14-19)16-24-27-22(18-7-3-2-4-8-18)15-23-25-20-9-5-6-10-21(20)26-23/h2-14,16H,15H2,1H3,(H,25,26)/b24-16+,27-22+. The van der Waals surface area contributed by atoms with Gasteiger partial charge in [-0.3, -0.25) is 0 Å². The van der Waals surface area contributed by atoms with Gasteiger partial charge in [-0.15, -0.1) is 0 Å². The number of rotatable bonds is 6. The fraction of sp³-hybridized carbons (Fsp3) is 0.0870. The molecule has 4 aromatic rings. The predicted octanol–water partition coefficient (Wildman–Crippen LogP) is 4.64. The molecule has 1 heterocycles. The molecule has 0 radical (unpaired) electrons. The number of fused-ring (bicyclic) bond motifs is 1. The van der Waals surface area contributed by atoms with Crippen LogP contribution in [0.1, 0.15) is 17.0 Å². The van der Waals surface area contributed by atoms with Crippen molar-refractivity contribution in [3.05, 3.63) is 95.8 Å². The van der Waals surface area contributed by atoms with E-state index in [1.807, 2.05) is 78.9 Å². The van der Waals surface area contributed by atoms with Gasteiger partial charge in [0.05, 0.1) is 36.5 Å². The summed E-state index contributed by atoms with van der Waals surface area (Å²) in [6.45, 7) is 0. The maximum Gasteiger partial charge on any atom is 0.118 e. The van der Waals surface area contributed by atoms with E-state index in [0.29, 0.717) is 6.42 Å². The average Bonchev–Trinajstić information content (AvgIpc) is 3.16. The van der Waals surface area contributed by atoms with Gasteiger partial charge >= 0.3 is 0 Å². The highest BCUT2D eigenvalue weighted by atomic mass is 16.5. The Kier molecular flexibility index (Phi) is 5.24. The molecule has 0 atom stereocenters. The van der Waals surface area contributed by atoms with Crippen molar-refractivity contribution in [3.8, 4) is 5.75 Å². The zero-order valence-electron chi connectivity index (χ0n) is 15.5. The number of methoxy groups -OCH3 is 1. The monoisotopic (exact) mass is 368 g/mol. The maximum absolute atomic E-state index is 5.18. The van der Waals surface area contributed by atoms with E-state index in [1.165, 1.54) is 0 Å². The number of nitrogens with zero attached hydrogens (tertiary/aromatic N) is 3. The molecule has 5 heteroatoms. The molecule has 0 aliphatic heterocycles. The first-order valence-electron chi connectivity index (χ1n) is 9.05. The minimum atomic E-state index is 0.568. The molecular weight excluding hydrogens is 348 g/mol. The van der Waals surface area contributed by atoms with Crippen LogP contribution in [0.4, 0.5) is 0 Å². The van der Waals surface area contributed by atoms with Crippen LogP contribution in [0, 0.1) is 0 Å². The van der Waals surface area contributed by atoms with Gasteiger partial charge in [0.2, 0.25) is 0 Å². The molecule has 4 rings (SSSR count). The normalized spacial score (nSPS) is 12.0. The van der Waals surface area contributed by atoms with E-state index in [1.54, 1.807) is 13.3 Å². The molecule has 0 amide bonds. The quantitative estimate of drug-likeness (QED) is 0.398. The molecule has 5 nitrogen and oxygen atoms in total. The zero-order valence-corrected chi connectivity index (χ0v) is 15.5. The van der Waals surface area contributed by atoms with Gasteiger partial charge in [0.1, 0.15) is 11.6 Å². The smallest absolute Gasteiger partial charge is 0.118 e. The lowest BCUT2D eigenvalue weighted by atomic mass is 10.1. The highest BCUT2D eigenvalue weighted by Gasteiger charge is 2.09. The first kappa shape index (κ1) is 17.7. The van der Waals surface area contributed by atoms with Gasteiger partial charge in [0.25, 0.3) is 0 Å². The highest BCUT2D eigenvalue weighted by molar-refractivity contribution is 6.02. The lowest BCUT2D eigenvalue weighted by Crippen LogP contribution is -2.06. The van der Waals surface area contributed by atoms with Crippen LogP contribution in [0.5, 0.6) is 5.75 Å². The summed E-state index contributed by atoms with van der Waals surface area (Å²) in [5.74, 6) is 1.68. The van der Waals surface area contributed by atoms with Gasteiger partial charge < -0.3 is 9.72 Å². The minimum Gasteiger partial charge on any atom is -0.497 e. The molecule has 0 spiro atoms. The molecule has 1 N–H and O–H groups in total. The van der Waals surface area contributed by atoms with E-state index in [0.717, 1.165) is 39.4 Å². The molecule has 1 aromatic heterocycles. The molecule has 28 heavy (non-hydrogen) atoms. The number of aromatic amines is 1. The molecule has 0 aliphatic rings. The maximum atomic E-state index is 5.18. The predicted molar refractivity (Wildman–Crippen MR) is 113 cm³/mol. The second-order valence-electron chi connectivity index (χ2n) is 6.31. The van der Waals surface area contributed by atoms with Gasteiger partial charge in [-0.05, 0) is 47.5 Å². The number of benzene rings is 3. The Bertz CT molecular complexity index is 1080. The van der Waals surface area contributed by atoms with Crippen LogP contribution in [-0.4, -0.2) is 29.0 Å². The Balaban J connectivity index is 1.61. The van der Waals surface area contributed by atoms with Crippen molar-refractivity contribution in [3.63, 3.8) is 0 Å². The number of para-hydroxylation sites is 2. The molecule has 0 bridgehead atoms. The van der Waals surface area contributed by atoms with Crippen LogP contribution in [0.25, 0.3) is 11.0 Å². The number of hydrogen-bond donors (Lipinski definition) is 1. The summed E-state index contributed by atoms with van der Waals surface area (Å²) in [4.78, 5) is 8.02. The number of nitrogens with one attached hydrogen (secondary N) is 1. The third-order valence-electron chi connectivity index (χ3n) is 4.38. The van der Waals surface area contributed by atoms with Crippen molar-refractivity contribution in [2.45, 2.75) is 6.42 Å². The zero-order chi connectivity index (χ0) is 19.2. The summed E-state index contributed by atoms with van der Waals surface area (Å²) < 4.78 is 5.18. The number of ether oxygens (including phenoxy) is 1. The lowest BCUT2D eigenvalue weighted by molar-refractivity contribution is 0.415. The van der Waals surface area contributed by atoms with E-state index in [9.17, 15) is 0 Å². The molecule has 0 unspecified atom stereocenters. The van der Waals surface area contributed by atoms with Crippen molar-refractivity contribution in [2.75, 3.05) is 7.11 Å². The van der Waals surface area contributed by atoms with Crippen molar-refractivity contribution >= 4 is 23.0 Å². The lowest BCUT2D eigenvalue weighted by Gasteiger charge is -2.03. The molecule has 0 saturated carbocycles. The van der Waals surface area contributed by atoms with Crippen molar-refractivity contribution in [1.82, 2.24) is 9.97 Å². The largest absolute Gasteiger partial charge is 0.497 e. The number of aromatic nitrogens is 2. The van der Waals surface area contributed by atoms with Crippen molar-refractivity contribution in [2.24, 2.45) is 10.2 Å². The van der Waals surface area contributed by atoms with E-state index in [-0.39, 0.29) is 0 Å². The topological polar surface area (TPSA) is 62.6 Å². The fourth-order valence-corrected chi connectivity index (χ4v) is 2.93. The number of imidazole rings is 1.